The van der Waals surface area contributed by atoms with Gasteiger partial charge in [0.25, 0.3) is 0 Å². The summed E-state index contributed by atoms with van der Waals surface area (Å²) in [6.07, 6.45) is 1.69. The molecule has 19 heavy (non-hydrogen) atoms. The van der Waals surface area contributed by atoms with Gasteiger partial charge >= 0.3 is 0 Å². The average molecular weight is 264 g/mol. The molecule has 0 aromatic heterocycles. The van der Waals surface area contributed by atoms with Gasteiger partial charge < -0.3 is 15.8 Å². The van der Waals surface area contributed by atoms with Crippen molar-refractivity contribution >= 4 is 11.6 Å². The van der Waals surface area contributed by atoms with Gasteiger partial charge in [-0.2, -0.15) is 0 Å². The van der Waals surface area contributed by atoms with Gasteiger partial charge in [-0.15, -0.1) is 0 Å². The molecule has 1 rings (SSSR count). The molecule has 1 aromatic carbocycles. The molecule has 4 heteroatoms. The maximum Gasteiger partial charge on any atom is 0.231 e. The second-order valence-electron chi connectivity index (χ2n) is 4.95. The van der Waals surface area contributed by atoms with Crippen molar-refractivity contribution in [1.82, 2.24) is 0 Å². The van der Waals surface area contributed by atoms with Crippen molar-refractivity contribution in [1.29, 1.82) is 0 Å². The Labute approximate surface area is 115 Å². The van der Waals surface area contributed by atoms with Crippen LogP contribution >= 0.6 is 0 Å². The van der Waals surface area contributed by atoms with E-state index in [0.717, 1.165) is 17.9 Å². The molecule has 0 aliphatic carbocycles. The molecule has 1 amide bonds. The van der Waals surface area contributed by atoms with Crippen LogP contribution in [0.3, 0.4) is 0 Å². The lowest BCUT2D eigenvalue weighted by Gasteiger charge is -2.24. The van der Waals surface area contributed by atoms with Crippen LogP contribution in [-0.2, 0) is 4.79 Å². The Hall–Kier alpha value is -1.55. The van der Waals surface area contributed by atoms with E-state index in [9.17, 15) is 4.79 Å². The zero-order chi connectivity index (χ0) is 14.3. The summed E-state index contributed by atoms with van der Waals surface area (Å²) in [4.78, 5) is 12.1. The van der Waals surface area contributed by atoms with Crippen LogP contribution in [0.5, 0.6) is 5.75 Å². The normalized spacial score (nSPS) is 13.7. The van der Waals surface area contributed by atoms with E-state index >= 15 is 0 Å². The maximum atomic E-state index is 12.1. The maximum absolute atomic E-state index is 12.1. The third-order valence-electron chi connectivity index (χ3n) is 3.36. The summed E-state index contributed by atoms with van der Waals surface area (Å²) in [6.45, 7) is 6.95. The number of hydrogen-bond donors (Lipinski definition) is 2. The second-order valence-corrected chi connectivity index (χ2v) is 4.95. The number of ether oxygens (including phenoxy) is 1. The van der Waals surface area contributed by atoms with Gasteiger partial charge in [0.15, 0.2) is 0 Å². The number of carbonyl (C=O) groups is 1. The molecule has 0 spiro atoms. The molecule has 0 aliphatic rings. The molecule has 0 bridgehead atoms. The monoisotopic (exact) mass is 264 g/mol. The molecule has 1 atom stereocenters. The highest BCUT2D eigenvalue weighted by molar-refractivity contribution is 5.95. The number of benzene rings is 1. The van der Waals surface area contributed by atoms with E-state index in [1.54, 1.807) is 0 Å². The summed E-state index contributed by atoms with van der Waals surface area (Å²) in [6, 6.07) is 7.40. The lowest BCUT2D eigenvalue weighted by molar-refractivity contribution is -0.124. The molecule has 0 aliphatic heterocycles. The highest BCUT2D eigenvalue weighted by Crippen LogP contribution is 2.23. The number of amides is 1. The Morgan fingerprint density at radius 2 is 1.95 bits per heavy atom. The van der Waals surface area contributed by atoms with Crippen LogP contribution in [0.2, 0.25) is 0 Å². The predicted molar refractivity (Wildman–Crippen MR) is 78.3 cm³/mol. The van der Waals surface area contributed by atoms with Crippen molar-refractivity contribution in [2.24, 2.45) is 11.1 Å². The average Bonchev–Trinajstić information content (AvgIpc) is 2.45. The van der Waals surface area contributed by atoms with Crippen LogP contribution in [0.4, 0.5) is 5.69 Å². The summed E-state index contributed by atoms with van der Waals surface area (Å²) < 4.78 is 5.49. The van der Waals surface area contributed by atoms with Crippen molar-refractivity contribution in [2.45, 2.75) is 33.6 Å². The third kappa shape index (κ3) is 4.24. The number of carbonyl (C=O) groups excluding carboxylic acids is 1. The van der Waals surface area contributed by atoms with E-state index in [2.05, 4.69) is 12.2 Å². The van der Waals surface area contributed by atoms with E-state index in [1.807, 2.05) is 38.1 Å². The van der Waals surface area contributed by atoms with Gasteiger partial charge in [-0.25, -0.2) is 0 Å². The molecule has 4 nitrogen and oxygen atoms in total. The topological polar surface area (TPSA) is 64.3 Å². The minimum absolute atomic E-state index is 0.0419. The van der Waals surface area contributed by atoms with Gasteiger partial charge in [0.2, 0.25) is 5.91 Å². The van der Waals surface area contributed by atoms with Crippen molar-refractivity contribution < 1.29 is 9.53 Å². The number of anilines is 1. The van der Waals surface area contributed by atoms with E-state index in [4.69, 9.17) is 10.5 Å². The Kier molecular flexibility index (Phi) is 5.83. The fourth-order valence-electron chi connectivity index (χ4n) is 1.53. The summed E-state index contributed by atoms with van der Waals surface area (Å²) >= 11 is 0. The van der Waals surface area contributed by atoms with Crippen LogP contribution in [-0.4, -0.2) is 19.1 Å². The predicted octanol–water partition coefficient (Wildman–Crippen LogP) is 2.79. The van der Waals surface area contributed by atoms with Gasteiger partial charge in [0.05, 0.1) is 12.0 Å². The fraction of sp³-hybridized carbons (Fsp3) is 0.533. The number of hydrogen-bond acceptors (Lipinski definition) is 3. The fourth-order valence-corrected chi connectivity index (χ4v) is 1.53. The molecule has 0 radical (unpaired) electrons. The quantitative estimate of drug-likeness (QED) is 0.796. The summed E-state index contributed by atoms with van der Waals surface area (Å²) in [5.41, 5.74) is 5.92. The lowest BCUT2D eigenvalue weighted by Crippen LogP contribution is -2.39. The minimum atomic E-state index is -0.516. The first-order valence-corrected chi connectivity index (χ1v) is 6.80. The first kappa shape index (κ1) is 15.5. The zero-order valence-corrected chi connectivity index (χ0v) is 12.0. The van der Waals surface area contributed by atoms with E-state index in [-0.39, 0.29) is 5.91 Å². The van der Waals surface area contributed by atoms with E-state index in [0.29, 0.717) is 19.6 Å². The van der Waals surface area contributed by atoms with Crippen LogP contribution in [0.15, 0.2) is 24.3 Å². The molecular formula is C15H24N2O2. The highest BCUT2D eigenvalue weighted by atomic mass is 16.5. The molecule has 106 valence electrons. The molecule has 0 saturated carbocycles. The second kappa shape index (κ2) is 7.14. The van der Waals surface area contributed by atoms with Crippen molar-refractivity contribution in [3.05, 3.63) is 24.3 Å². The van der Waals surface area contributed by atoms with E-state index in [1.165, 1.54) is 0 Å². The van der Waals surface area contributed by atoms with Gasteiger partial charge in [0.1, 0.15) is 5.75 Å². The third-order valence-corrected chi connectivity index (χ3v) is 3.36. The van der Waals surface area contributed by atoms with Gasteiger partial charge in [-0.05, 0) is 44.0 Å². The van der Waals surface area contributed by atoms with Crippen molar-refractivity contribution in [3.63, 3.8) is 0 Å². The van der Waals surface area contributed by atoms with Gasteiger partial charge in [0, 0.05) is 12.2 Å². The molecular weight excluding hydrogens is 240 g/mol. The van der Waals surface area contributed by atoms with Crippen molar-refractivity contribution in [2.75, 3.05) is 18.5 Å². The molecule has 0 fully saturated rings. The summed E-state index contributed by atoms with van der Waals surface area (Å²) in [7, 11) is 0. The zero-order valence-electron chi connectivity index (χ0n) is 12.0. The Morgan fingerprint density at radius 1 is 1.32 bits per heavy atom. The minimum Gasteiger partial charge on any atom is -0.494 e. The Balaban J connectivity index is 2.65. The number of rotatable bonds is 7. The van der Waals surface area contributed by atoms with E-state index < -0.39 is 5.41 Å². The largest absolute Gasteiger partial charge is 0.494 e. The Bertz CT molecular complexity index is 397. The number of nitrogens with one attached hydrogen (secondary N) is 1. The summed E-state index contributed by atoms with van der Waals surface area (Å²) in [5, 5.41) is 2.89. The van der Waals surface area contributed by atoms with Crippen LogP contribution < -0.4 is 15.8 Å². The molecule has 0 saturated heterocycles. The Morgan fingerprint density at radius 3 is 2.42 bits per heavy atom. The van der Waals surface area contributed by atoms with Crippen LogP contribution in [0, 0.1) is 5.41 Å². The smallest absolute Gasteiger partial charge is 0.231 e. The molecule has 1 aromatic rings. The van der Waals surface area contributed by atoms with Crippen LogP contribution in [0.25, 0.3) is 0 Å². The van der Waals surface area contributed by atoms with Crippen molar-refractivity contribution in [3.8, 4) is 5.75 Å². The van der Waals surface area contributed by atoms with Gasteiger partial charge in [-0.3, -0.25) is 4.79 Å². The van der Waals surface area contributed by atoms with Gasteiger partial charge in [-0.1, -0.05) is 13.8 Å². The summed E-state index contributed by atoms with van der Waals surface area (Å²) in [5.74, 6) is 0.775. The SMILES string of the molecule is CCCOc1ccc(NC(=O)C(C)(CC)CN)cc1. The molecule has 1 unspecified atom stereocenters. The molecule has 3 N–H and O–H groups in total. The lowest BCUT2D eigenvalue weighted by atomic mass is 9.86. The molecule has 0 heterocycles. The first-order chi connectivity index (χ1) is 9.05. The first-order valence-electron chi connectivity index (χ1n) is 6.80. The standard InChI is InChI=1S/C15H24N2O2/c1-4-10-19-13-8-6-12(7-9-13)17-14(18)15(3,5-2)11-16/h6-9H,4-5,10-11,16H2,1-3H3,(H,17,18). The van der Waals surface area contributed by atoms with Crippen LogP contribution in [0.1, 0.15) is 33.6 Å². The highest BCUT2D eigenvalue weighted by Gasteiger charge is 2.29. The number of nitrogens with two attached hydrogens (primary N) is 1.